The van der Waals surface area contributed by atoms with Crippen LogP contribution in [0.25, 0.3) is 0 Å². The molecule has 162 valence electrons. The van der Waals surface area contributed by atoms with E-state index in [4.69, 9.17) is 5.11 Å². The Kier molecular flexibility index (Phi) is 15.9. The average Bonchev–Trinajstić information content (AvgIpc) is 2.64. The number of aliphatic hydroxyl groups excluding tert-OH is 3. The first-order chi connectivity index (χ1) is 12.8. The summed E-state index contributed by atoms with van der Waals surface area (Å²) in [7, 11) is 0. The van der Waals surface area contributed by atoms with Crippen LogP contribution in [0.5, 0.6) is 0 Å². The van der Waals surface area contributed by atoms with Crippen LogP contribution in [0.15, 0.2) is 0 Å². The Labute approximate surface area is 164 Å². The van der Waals surface area contributed by atoms with E-state index in [1.165, 1.54) is 64.2 Å². The summed E-state index contributed by atoms with van der Waals surface area (Å²) in [4.78, 5) is 11.6. The van der Waals surface area contributed by atoms with Crippen molar-refractivity contribution < 1.29 is 30.0 Å². The van der Waals surface area contributed by atoms with Crippen molar-refractivity contribution in [3.05, 3.63) is 0 Å². The third kappa shape index (κ3) is 15.0. The summed E-state index contributed by atoms with van der Waals surface area (Å²) in [6, 6.07) is 0. The number of carbonyl (C=O) groups is 1. The molecule has 0 heterocycles. The van der Waals surface area contributed by atoms with Crippen molar-refractivity contribution in [3.8, 4) is 0 Å². The van der Waals surface area contributed by atoms with E-state index in [1.54, 1.807) is 0 Å². The molecule has 0 bridgehead atoms. The van der Waals surface area contributed by atoms with E-state index in [0.717, 1.165) is 26.2 Å². The van der Waals surface area contributed by atoms with Crippen molar-refractivity contribution >= 4 is 5.97 Å². The lowest BCUT2D eigenvalue weighted by Crippen LogP contribution is -2.43. The summed E-state index contributed by atoms with van der Waals surface area (Å²) < 4.78 is 4.55. The van der Waals surface area contributed by atoms with Gasteiger partial charge in [-0.15, -0.1) is 0 Å². The molecule has 0 aliphatic heterocycles. The van der Waals surface area contributed by atoms with Crippen LogP contribution in [0.3, 0.4) is 0 Å². The van der Waals surface area contributed by atoms with E-state index in [1.807, 2.05) is 0 Å². The van der Waals surface area contributed by atoms with Crippen molar-refractivity contribution in [1.29, 1.82) is 0 Å². The van der Waals surface area contributed by atoms with Crippen LogP contribution >= 0.6 is 0 Å². The number of hydrogen-bond donors (Lipinski definition) is 4. The van der Waals surface area contributed by atoms with Gasteiger partial charge in [0, 0.05) is 6.92 Å². The van der Waals surface area contributed by atoms with E-state index in [2.05, 4.69) is 11.7 Å². The summed E-state index contributed by atoms with van der Waals surface area (Å²) in [6.45, 7) is 2.57. The Morgan fingerprint density at radius 1 is 0.852 bits per heavy atom. The van der Waals surface area contributed by atoms with Crippen LogP contribution in [0.2, 0.25) is 0 Å². The summed E-state index contributed by atoms with van der Waals surface area (Å²) in [5.41, 5.74) is 0. The van der Waals surface area contributed by atoms with E-state index < -0.39 is 30.6 Å². The minimum Gasteiger partial charge on any atom is -0.429 e. The maximum Gasteiger partial charge on any atom is 0.340 e. The highest BCUT2D eigenvalue weighted by atomic mass is 16.7. The van der Waals surface area contributed by atoms with Gasteiger partial charge in [-0.1, -0.05) is 90.4 Å². The number of rotatable bonds is 18. The summed E-state index contributed by atoms with van der Waals surface area (Å²) in [5.74, 6) is -3.18. The molecule has 3 unspecified atom stereocenters. The van der Waals surface area contributed by atoms with Crippen LogP contribution in [-0.2, 0) is 9.53 Å². The van der Waals surface area contributed by atoms with Gasteiger partial charge in [0.25, 0.3) is 0 Å². The summed E-state index contributed by atoms with van der Waals surface area (Å²) >= 11 is 0. The van der Waals surface area contributed by atoms with Gasteiger partial charge >= 0.3 is 5.97 Å². The second-order valence-corrected chi connectivity index (χ2v) is 7.80. The van der Waals surface area contributed by atoms with Gasteiger partial charge in [-0.2, -0.15) is 0 Å². The Morgan fingerprint density at radius 3 is 1.67 bits per heavy atom. The number of aliphatic hydroxyl groups is 4. The Hall–Kier alpha value is -0.690. The second kappa shape index (κ2) is 16.3. The Balaban J connectivity index is 3.55. The SMILES string of the molecule is CCCCCCCCCCCCCCCC(O)C(O)C(=O)OC(C)(O)CO. The minimum absolute atomic E-state index is 0.301. The first-order valence-corrected chi connectivity index (χ1v) is 10.8. The Morgan fingerprint density at radius 2 is 1.26 bits per heavy atom. The van der Waals surface area contributed by atoms with E-state index >= 15 is 0 Å². The molecule has 0 radical (unpaired) electrons. The molecule has 4 N–H and O–H groups in total. The van der Waals surface area contributed by atoms with Crippen LogP contribution in [-0.4, -0.2) is 51.0 Å². The average molecular weight is 391 g/mol. The molecule has 0 spiro atoms. The molecule has 0 saturated carbocycles. The minimum atomic E-state index is -2.05. The van der Waals surface area contributed by atoms with Crippen LogP contribution in [0, 0.1) is 0 Å². The van der Waals surface area contributed by atoms with Gasteiger partial charge in [-0.3, -0.25) is 0 Å². The molecule has 0 fully saturated rings. The zero-order chi connectivity index (χ0) is 20.5. The predicted octanol–water partition coefficient (Wildman–Crippen LogP) is 3.43. The van der Waals surface area contributed by atoms with Gasteiger partial charge < -0.3 is 25.2 Å². The molecule has 0 aromatic rings. The quantitative estimate of drug-likeness (QED) is 0.162. The number of unbranched alkanes of at least 4 members (excludes halogenated alkanes) is 12. The van der Waals surface area contributed by atoms with Gasteiger partial charge in [0.15, 0.2) is 6.10 Å². The van der Waals surface area contributed by atoms with Crippen molar-refractivity contribution in [2.45, 2.75) is 122 Å². The molecule has 0 amide bonds. The normalized spacial score (nSPS) is 15.9. The fraction of sp³-hybridized carbons (Fsp3) is 0.952. The first-order valence-electron chi connectivity index (χ1n) is 10.8. The van der Waals surface area contributed by atoms with Crippen molar-refractivity contribution in [3.63, 3.8) is 0 Å². The van der Waals surface area contributed by atoms with Gasteiger partial charge in [-0.05, 0) is 6.42 Å². The Bertz CT molecular complexity index is 359. The maximum atomic E-state index is 11.6. The highest BCUT2D eigenvalue weighted by Gasteiger charge is 2.32. The highest BCUT2D eigenvalue weighted by Crippen LogP contribution is 2.15. The lowest BCUT2D eigenvalue weighted by atomic mass is 10.0. The predicted molar refractivity (Wildman–Crippen MR) is 106 cm³/mol. The number of ether oxygens (including phenoxy) is 1. The molecule has 0 aromatic heterocycles. The molecule has 0 aliphatic carbocycles. The number of hydrogen-bond acceptors (Lipinski definition) is 6. The fourth-order valence-corrected chi connectivity index (χ4v) is 3.00. The molecule has 6 heteroatoms. The molecule has 0 aliphatic rings. The van der Waals surface area contributed by atoms with Gasteiger partial charge in [0.1, 0.15) is 6.61 Å². The smallest absolute Gasteiger partial charge is 0.340 e. The van der Waals surface area contributed by atoms with E-state index in [-0.39, 0.29) is 0 Å². The number of esters is 1. The molecule has 3 atom stereocenters. The zero-order valence-corrected chi connectivity index (χ0v) is 17.4. The standard InChI is InChI=1S/C21H42O6/c1-3-4-5-6-7-8-9-10-11-12-13-14-15-16-18(23)19(24)20(25)27-21(2,26)17-22/h18-19,22-24,26H,3-17H2,1-2H3. The molecule has 6 nitrogen and oxygen atoms in total. The highest BCUT2D eigenvalue weighted by molar-refractivity contribution is 5.75. The molecule has 0 saturated heterocycles. The van der Waals surface area contributed by atoms with Crippen molar-refractivity contribution in [2.75, 3.05) is 6.61 Å². The van der Waals surface area contributed by atoms with Crippen molar-refractivity contribution in [1.82, 2.24) is 0 Å². The third-order valence-electron chi connectivity index (χ3n) is 4.82. The summed E-state index contributed by atoms with van der Waals surface area (Å²) in [5, 5.41) is 37.8. The van der Waals surface area contributed by atoms with Crippen molar-refractivity contribution in [2.24, 2.45) is 0 Å². The molecule has 27 heavy (non-hydrogen) atoms. The molecule has 0 rings (SSSR count). The fourth-order valence-electron chi connectivity index (χ4n) is 3.00. The largest absolute Gasteiger partial charge is 0.429 e. The van der Waals surface area contributed by atoms with Crippen LogP contribution in [0.4, 0.5) is 0 Å². The van der Waals surface area contributed by atoms with E-state index in [9.17, 15) is 20.1 Å². The van der Waals surface area contributed by atoms with E-state index in [0.29, 0.717) is 6.42 Å². The lowest BCUT2D eigenvalue weighted by molar-refractivity contribution is -0.224. The van der Waals surface area contributed by atoms with Gasteiger partial charge in [0.05, 0.1) is 6.10 Å². The second-order valence-electron chi connectivity index (χ2n) is 7.80. The first kappa shape index (κ1) is 26.3. The molecular formula is C21H42O6. The van der Waals surface area contributed by atoms with Crippen LogP contribution < -0.4 is 0 Å². The third-order valence-corrected chi connectivity index (χ3v) is 4.82. The monoisotopic (exact) mass is 390 g/mol. The summed E-state index contributed by atoms with van der Waals surface area (Å²) in [6.07, 6.45) is 13.2. The molecular weight excluding hydrogens is 348 g/mol. The van der Waals surface area contributed by atoms with Gasteiger partial charge in [-0.25, -0.2) is 4.79 Å². The maximum absolute atomic E-state index is 11.6. The van der Waals surface area contributed by atoms with Gasteiger partial charge in [0.2, 0.25) is 5.79 Å². The van der Waals surface area contributed by atoms with Crippen LogP contribution in [0.1, 0.15) is 104 Å². The topological polar surface area (TPSA) is 107 Å². The lowest BCUT2D eigenvalue weighted by Gasteiger charge is -2.24. The molecule has 0 aromatic carbocycles. The zero-order valence-electron chi connectivity index (χ0n) is 17.4. The number of carbonyl (C=O) groups excluding carboxylic acids is 1.